The Labute approximate surface area is 99.3 Å². The monoisotopic (exact) mass is 266 g/mol. The minimum Gasteiger partial charge on any atom is -0.294 e. The molecule has 0 fully saturated rings. The molecule has 0 aromatic heterocycles. The summed E-state index contributed by atoms with van der Waals surface area (Å²) in [7, 11) is 0. The van der Waals surface area contributed by atoms with E-state index in [1.807, 2.05) is 19.1 Å². The molecule has 0 atom stereocenters. The highest BCUT2D eigenvalue weighted by Gasteiger charge is 2.04. The Hall–Kier alpha value is -0.890. The SMILES string of the molecule is CC(=Cc1c(C)cccc1C)C(=O)CBr. The summed E-state index contributed by atoms with van der Waals surface area (Å²) in [5.41, 5.74) is 4.36. The van der Waals surface area contributed by atoms with E-state index in [1.54, 1.807) is 0 Å². The van der Waals surface area contributed by atoms with Gasteiger partial charge in [-0.3, -0.25) is 4.79 Å². The molecule has 80 valence electrons. The molecule has 0 heterocycles. The Morgan fingerprint density at radius 3 is 2.33 bits per heavy atom. The van der Waals surface area contributed by atoms with Gasteiger partial charge in [0.25, 0.3) is 0 Å². The molecule has 0 N–H and O–H groups in total. The lowest BCUT2D eigenvalue weighted by molar-refractivity contribution is -0.113. The van der Waals surface area contributed by atoms with Crippen LogP contribution in [0.3, 0.4) is 0 Å². The molecule has 0 aliphatic rings. The molecule has 0 aliphatic heterocycles. The van der Waals surface area contributed by atoms with Crippen LogP contribution in [-0.4, -0.2) is 11.1 Å². The highest BCUT2D eigenvalue weighted by atomic mass is 79.9. The topological polar surface area (TPSA) is 17.1 Å². The van der Waals surface area contributed by atoms with Crippen LogP contribution in [0, 0.1) is 13.8 Å². The Kier molecular flexibility index (Phi) is 4.28. The van der Waals surface area contributed by atoms with E-state index in [1.165, 1.54) is 11.1 Å². The number of carbonyl (C=O) groups is 1. The van der Waals surface area contributed by atoms with Gasteiger partial charge in [-0.1, -0.05) is 34.1 Å². The Balaban J connectivity index is 3.13. The van der Waals surface area contributed by atoms with Gasteiger partial charge >= 0.3 is 0 Å². The molecular weight excluding hydrogens is 252 g/mol. The molecule has 1 rings (SSSR count). The first-order valence-electron chi connectivity index (χ1n) is 4.90. The zero-order valence-corrected chi connectivity index (χ0v) is 10.9. The van der Waals surface area contributed by atoms with Gasteiger partial charge in [0.1, 0.15) is 0 Å². The molecule has 1 aromatic rings. The maximum atomic E-state index is 11.4. The van der Waals surface area contributed by atoms with Crippen LogP contribution in [0.5, 0.6) is 0 Å². The molecule has 0 bridgehead atoms. The maximum Gasteiger partial charge on any atom is 0.169 e. The largest absolute Gasteiger partial charge is 0.294 e. The highest BCUT2D eigenvalue weighted by Crippen LogP contribution is 2.17. The molecule has 15 heavy (non-hydrogen) atoms. The molecule has 0 amide bonds. The summed E-state index contributed by atoms with van der Waals surface area (Å²) in [6.45, 7) is 5.98. The molecule has 0 saturated carbocycles. The van der Waals surface area contributed by atoms with Gasteiger partial charge in [0.05, 0.1) is 5.33 Å². The number of carbonyl (C=O) groups excluding carboxylic acids is 1. The number of halogens is 1. The molecule has 0 unspecified atom stereocenters. The lowest BCUT2D eigenvalue weighted by Crippen LogP contribution is -2.00. The predicted octanol–water partition coefficient (Wildman–Crippen LogP) is 3.67. The standard InChI is InChI=1S/C13H15BrO/c1-9-5-4-6-10(2)12(9)7-11(3)13(15)8-14/h4-7H,8H2,1-3H3. The van der Waals surface area contributed by atoms with Crippen molar-refractivity contribution < 1.29 is 4.79 Å². The number of allylic oxidation sites excluding steroid dienone is 1. The van der Waals surface area contributed by atoms with Crippen molar-refractivity contribution in [2.24, 2.45) is 0 Å². The van der Waals surface area contributed by atoms with Gasteiger partial charge in [-0.05, 0) is 49.1 Å². The minimum absolute atomic E-state index is 0.137. The average Bonchev–Trinajstić information content (AvgIpc) is 2.22. The number of alkyl halides is 1. The summed E-state index contributed by atoms with van der Waals surface area (Å²) >= 11 is 3.18. The maximum absolute atomic E-state index is 11.4. The molecule has 2 heteroatoms. The normalized spacial score (nSPS) is 11.6. The third kappa shape index (κ3) is 3.03. The van der Waals surface area contributed by atoms with E-state index in [4.69, 9.17) is 0 Å². The van der Waals surface area contributed by atoms with E-state index in [0.717, 1.165) is 11.1 Å². The summed E-state index contributed by atoms with van der Waals surface area (Å²) in [6.07, 6.45) is 1.97. The van der Waals surface area contributed by atoms with Crippen molar-refractivity contribution in [1.29, 1.82) is 0 Å². The van der Waals surface area contributed by atoms with Gasteiger partial charge in [-0.15, -0.1) is 0 Å². The fourth-order valence-corrected chi connectivity index (χ4v) is 1.90. The van der Waals surface area contributed by atoms with Crippen LogP contribution in [0.15, 0.2) is 23.8 Å². The lowest BCUT2D eigenvalue weighted by Gasteiger charge is -2.05. The van der Waals surface area contributed by atoms with Crippen molar-refractivity contribution in [1.82, 2.24) is 0 Å². The zero-order valence-electron chi connectivity index (χ0n) is 9.30. The van der Waals surface area contributed by atoms with Crippen molar-refractivity contribution in [3.63, 3.8) is 0 Å². The van der Waals surface area contributed by atoms with Gasteiger partial charge in [-0.25, -0.2) is 0 Å². The summed E-state index contributed by atoms with van der Waals surface area (Å²) in [5.74, 6) is 0.137. The van der Waals surface area contributed by atoms with Crippen molar-refractivity contribution in [2.75, 3.05) is 5.33 Å². The second-order valence-electron chi connectivity index (χ2n) is 3.69. The number of hydrogen-bond donors (Lipinski definition) is 0. The molecule has 0 aliphatic carbocycles. The van der Waals surface area contributed by atoms with Crippen LogP contribution in [-0.2, 0) is 4.79 Å². The molecule has 1 nitrogen and oxygen atoms in total. The van der Waals surface area contributed by atoms with Gasteiger partial charge in [-0.2, -0.15) is 0 Å². The fraction of sp³-hybridized carbons (Fsp3) is 0.308. The van der Waals surface area contributed by atoms with E-state index in [9.17, 15) is 4.79 Å². The number of aryl methyl sites for hydroxylation is 2. The average molecular weight is 267 g/mol. The van der Waals surface area contributed by atoms with Crippen LogP contribution in [0.2, 0.25) is 0 Å². The van der Waals surface area contributed by atoms with Crippen LogP contribution >= 0.6 is 15.9 Å². The Morgan fingerprint density at radius 2 is 1.87 bits per heavy atom. The number of ketones is 1. The third-order valence-corrected chi connectivity index (χ3v) is 2.97. The van der Waals surface area contributed by atoms with E-state index in [-0.39, 0.29) is 5.78 Å². The van der Waals surface area contributed by atoms with E-state index < -0.39 is 0 Å². The van der Waals surface area contributed by atoms with Crippen molar-refractivity contribution in [3.05, 3.63) is 40.5 Å². The van der Waals surface area contributed by atoms with E-state index in [0.29, 0.717) is 5.33 Å². The summed E-state index contributed by atoms with van der Waals surface area (Å²) in [5, 5.41) is 0.389. The van der Waals surface area contributed by atoms with Gasteiger partial charge in [0.2, 0.25) is 0 Å². The zero-order chi connectivity index (χ0) is 11.4. The second-order valence-corrected chi connectivity index (χ2v) is 4.25. The number of benzene rings is 1. The molecule has 0 spiro atoms. The van der Waals surface area contributed by atoms with E-state index >= 15 is 0 Å². The summed E-state index contributed by atoms with van der Waals surface area (Å²) in [4.78, 5) is 11.4. The first-order chi connectivity index (χ1) is 7.06. The van der Waals surface area contributed by atoms with E-state index in [2.05, 4.69) is 41.9 Å². The fourth-order valence-electron chi connectivity index (χ4n) is 1.46. The Bertz CT molecular complexity index is 385. The van der Waals surface area contributed by atoms with Crippen LogP contribution in [0.25, 0.3) is 6.08 Å². The van der Waals surface area contributed by atoms with Crippen LogP contribution < -0.4 is 0 Å². The quantitative estimate of drug-likeness (QED) is 0.603. The molecular formula is C13H15BrO. The van der Waals surface area contributed by atoms with Gasteiger partial charge in [0.15, 0.2) is 5.78 Å². The number of rotatable bonds is 3. The minimum atomic E-state index is 0.137. The number of hydrogen-bond acceptors (Lipinski definition) is 1. The highest BCUT2D eigenvalue weighted by molar-refractivity contribution is 9.09. The Morgan fingerprint density at radius 1 is 1.33 bits per heavy atom. The lowest BCUT2D eigenvalue weighted by atomic mass is 10.00. The number of Topliss-reactive ketones (excluding diaryl/α,β-unsaturated/α-hetero) is 1. The third-order valence-electron chi connectivity index (χ3n) is 2.46. The summed E-state index contributed by atoms with van der Waals surface area (Å²) in [6, 6.07) is 6.15. The van der Waals surface area contributed by atoms with Crippen molar-refractivity contribution in [3.8, 4) is 0 Å². The first kappa shape index (κ1) is 12.2. The van der Waals surface area contributed by atoms with Crippen LogP contribution in [0.4, 0.5) is 0 Å². The van der Waals surface area contributed by atoms with Crippen molar-refractivity contribution >= 4 is 27.8 Å². The van der Waals surface area contributed by atoms with Gasteiger partial charge in [0, 0.05) is 0 Å². The van der Waals surface area contributed by atoms with Crippen molar-refractivity contribution in [2.45, 2.75) is 20.8 Å². The predicted molar refractivity (Wildman–Crippen MR) is 68.4 cm³/mol. The van der Waals surface area contributed by atoms with Gasteiger partial charge < -0.3 is 0 Å². The first-order valence-corrected chi connectivity index (χ1v) is 6.02. The second kappa shape index (κ2) is 5.26. The molecule has 1 aromatic carbocycles. The smallest absolute Gasteiger partial charge is 0.169 e. The van der Waals surface area contributed by atoms with Crippen LogP contribution in [0.1, 0.15) is 23.6 Å². The molecule has 0 radical (unpaired) electrons. The molecule has 0 saturated heterocycles. The summed E-state index contributed by atoms with van der Waals surface area (Å²) < 4.78 is 0.